The molecule has 76 heavy (non-hydrogen) atoms. The second kappa shape index (κ2) is 27.4. The number of carbonyl (C=O) groups is 4. The minimum absolute atomic E-state index is 0. The van der Waals surface area contributed by atoms with E-state index in [0.29, 0.717) is 38.3 Å². The van der Waals surface area contributed by atoms with Crippen LogP contribution in [0.5, 0.6) is 0 Å². The topological polar surface area (TPSA) is 106 Å². The van der Waals surface area contributed by atoms with Crippen molar-refractivity contribution in [2.24, 2.45) is 23.7 Å². The molecule has 420 valence electrons. The number of hydrogen-bond donors (Lipinski definition) is 0. The van der Waals surface area contributed by atoms with Gasteiger partial charge in [0, 0.05) is 87.6 Å². The third kappa shape index (κ3) is 18.0. The Morgan fingerprint density at radius 3 is 1.25 bits per heavy atom. The van der Waals surface area contributed by atoms with Gasteiger partial charge in [0.2, 0.25) is 0 Å². The van der Waals surface area contributed by atoms with Gasteiger partial charge in [-0.05, 0) is 111 Å². The Bertz CT molecular complexity index is 2230. The van der Waals surface area contributed by atoms with Crippen LogP contribution in [-0.4, -0.2) is 176 Å². The fourth-order valence-electron chi connectivity index (χ4n) is 9.94. The maximum absolute atomic E-state index is 12.8. The zero-order valence-electron chi connectivity index (χ0n) is 41.4. The molecule has 4 amide bonds. The summed E-state index contributed by atoms with van der Waals surface area (Å²) in [6.07, 6.45) is -30.0. The largest absolute Gasteiger partial charge is 1.00 e. The molecule has 6 aliphatic heterocycles. The Kier molecular flexibility index (Phi) is 23.6. The number of amides is 4. The first-order chi connectivity index (χ1) is 34.8. The predicted molar refractivity (Wildman–Crippen MR) is 243 cm³/mol. The van der Waals surface area contributed by atoms with Gasteiger partial charge in [0.15, 0.2) is 0 Å². The van der Waals surface area contributed by atoms with Gasteiger partial charge >= 0.3 is 95.8 Å². The van der Waals surface area contributed by atoms with E-state index in [-0.39, 0.29) is 113 Å². The van der Waals surface area contributed by atoms with Crippen LogP contribution in [-0.2, 0) is 16.0 Å². The molecule has 6 saturated heterocycles. The van der Waals surface area contributed by atoms with Crippen molar-refractivity contribution in [3.05, 3.63) is 75.7 Å². The van der Waals surface area contributed by atoms with Gasteiger partial charge < -0.3 is 34.0 Å². The molecule has 0 N–H and O–H groups in total. The van der Waals surface area contributed by atoms with Crippen LogP contribution in [0.2, 0.25) is 0 Å². The molecule has 0 saturated carbocycles. The van der Waals surface area contributed by atoms with Crippen molar-refractivity contribution in [2.45, 2.75) is 83.0 Å². The van der Waals surface area contributed by atoms with Crippen molar-refractivity contribution in [3.8, 4) is 0 Å². The maximum Gasteiger partial charge on any atom is 1.00 e. The molecule has 4 unspecified atom stereocenters. The van der Waals surface area contributed by atoms with Crippen LogP contribution in [0.25, 0.3) is 0 Å². The minimum Gasteiger partial charge on any atom is -0.459 e. The molecule has 6 fully saturated rings. The SMILES string of the molecule is Cc1c(Br)cccc1C(=O)N1CCCC1.Cc1c(CN2CC3CN(C(=O)OC(C(F)(F)F)C(F)(F)F)CC3C2)cccc1C(=O)N1CCCC1.FB(F)F.[CH2-]N1CC2CN(C(=O)OC(C(F)(F)F)C(F)(F)F)CC2C1.[K+]. The zero-order valence-corrected chi connectivity index (χ0v) is 46.1. The number of likely N-dealkylation sites (tertiary alicyclic amines) is 6. The van der Waals surface area contributed by atoms with E-state index in [2.05, 4.69) is 37.4 Å². The smallest absolute Gasteiger partial charge is 0.459 e. The Hall–Kier alpha value is -3.03. The van der Waals surface area contributed by atoms with Gasteiger partial charge in [0.05, 0.1) is 0 Å². The van der Waals surface area contributed by atoms with Gasteiger partial charge in [-0.3, -0.25) is 34.5 Å². The predicted octanol–water partition coefficient (Wildman–Crippen LogP) is 7.37. The molecule has 12 nitrogen and oxygen atoms in total. The summed E-state index contributed by atoms with van der Waals surface area (Å²) in [5.74, 6) is 0.0483. The van der Waals surface area contributed by atoms with E-state index in [0.717, 1.165) is 88.4 Å². The van der Waals surface area contributed by atoms with E-state index in [9.17, 15) is 84.8 Å². The Balaban J connectivity index is 0.000000258. The summed E-state index contributed by atoms with van der Waals surface area (Å²) in [5.41, 5.74) is 4.42. The van der Waals surface area contributed by atoms with E-state index in [1.165, 1.54) is 0 Å². The van der Waals surface area contributed by atoms with E-state index >= 15 is 0 Å². The summed E-state index contributed by atoms with van der Waals surface area (Å²) in [6, 6.07) is 11.4. The number of alkyl halides is 12. The minimum atomic E-state index is -5.73. The fourth-order valence-corrected chi connectivity index (χ4v) is 10.3. The quantitative estimate of drug-likeness (QED) is 0.168. The van der Waals surface area contributed by atoms with Crippen LogP contribution in [0.4, 0.5) is 75.2 Å². The summed E-state index contributed by atoms with van der Waals surface area (Å²) in [4.78, 5) is 58.1. The Morgan fingerprint density at radius 2 is 0.895 bits per heavy atom. The summed E-state index contributed by atoms with van der Waals surface area (Å²) in [7, 11) is 0.0373. The third-order valence-electron chi connectivity index (χ3n) is 13.6. The molecule has 6 aliphatic rings. The van der Waals surface area contributed by atoms with Crippen LogP contribution in [0.1, 0.15) is 63.1 Å². The average molecular weight is 1200 g/mol. The van der Waals surface area contributed by atoms with Crippen molar-refractivity contribution in [3.63, 3.8) is 0 Å². The summed E-state index contributed by atoms with van der Waals surface area (Å²) in [6.45, 7) is 10.2. The summed E-state index contributed by atoms with van der Waals surface area (Å²) < 4.78 is 188. The molecule has 8 rings (SSSR count). The molecule has 2 aromatic carbocycles. The van der Waals surface area contributed by atoms with E-state index in [4.69, 9.17) is 0 Å². The van der Waals surface area contributed by atoms with E-state index in [1.54, 1.807) is 4.90 Å². The van der Waals surface area contributed by atoms with Crippen LogP contribution in [0.15, 0.2) is 40.9 Å². The molecule has 0 aromatic heterocycles. The number of fused-ring (bicyclic) bond motifs is 2. The molecule has 0 aliphatic carbocycles. The number of halogens is 16. The average Bonchev–Trinajstić information content (AvgIpc) is 4.15. The standard InChI is InChI=1S/C23H27F6N3O3.C12H14BrNO.C11H13F6N2O2.BF3.K/c1-14-15(5-4-6-18(14)19(33)31-7-2-3-8-31)9-30-10-16-12-32(13-17(16)11-30)21(34)35-20(22(24,25)26)23(27,28)29;1-9-10(5-4-6-11(9)13)12(15)14-7-2-3-8-14;1-18-2-6-4-19(5-7(6)3-18)9(20)21-8(10(12,13)14)11(15,16)17;2-1(3)4;/h4-6,16-17,20H,2-3,7-13H2,1H3;4-6H,2-3,7-8H2,1H3;6-8H,1-5H2;;/q;;-1;;+1. The first kappa shape index (κ1) is 65.5. The van der Waals surface area contributed by atoms with Gasteiger partial charge in [0.1, 0.15) is 0 Å². The molecular formula is C46H54BBrF15KN6O6. The van der Waals surface area contributed by atoms with Crippen molar-refractivity contribution in [1.82, 2.24) is 29.4 Å². The maximum atomic E-state index is 12.8. The van der Waals surface area contributed by atoms with Crippen LogP contribution < -0.4 is 51.4 Å². The van der Waals surface area contributed by atoms with Gasteiger partial charge in [-0.1, -0.05) is 34.1 Å². The summed E-state index contributed by atoms with van der Waals surface area (Å²) in [5, 5.41) is 0. The van der Waals surface area contributed by atoms with E-state index < -0.39 is 56.6 Å². The number of hydrogen-bond acceptors (Lipinski definition) is 8. The first-order valence-electron chi connectivity index (χ1n) is 23.6. The van der Waals surface area contributed by atoms with E-state index in [1.807, 2.05) is 60.0 Å². The number of nitrogens with zero attached hydrogens (tertiary/aromatic N) is 6. The van der Waals surface area contributed by atoms with Gasteiger partial charge in [-0.2, -0.15) is 52.7 Å². The Morgan fingerprint density at radius 1 is 0.566 bits per heavy atom. The summed E-state index contributed by atoms with van der Waals surface area (Å²) >= 11 is 3.45. The second-order valence-electron chi connectivity index (χ2n) is 19.0. The number of benzene rings is 2. The van der Waals surface area contributed by atoms with Gasteiger partial charge in [0.25, 0.3) is 24.0 Å². The molecule has 4 atom stereocenters. The van der Waals surface area contributed by atoms with Crippen molar-refractivity contribution >= 4 is 47.5 Å². The second-order valence-corrected chi connectivity index (χ2v) is 19.9. The molecule has 0 radical (unpaired) electrons. The molecule has 0 bridgehead atoms. The van der Waals surface area contributed by atoms with Crippen LogP contribution in [0.3, 0.4) is 0 Å². The van der Waals surface area contributed by atoms with Crippen molar-refractivity contribution < 1.29 is 146 Å². The van der Waals surface area contributed by atoms with Crippen LogP contribution >= 0.6 is 15.9 Å². The molecular weight excluding hydrogens is 1150 g/mol. The molecule has 6 heterocycles. The van der Waals surface area contributed by atoms with Gasteiger partial charge in [-0.15, -0.1) is 0 Å². The van der Waals surface area contributed by atoms with Gasteiger partial charge in [-0.25, -0.2) is 9.59 Å². The normalized spacial score (nSPS) is 21.8. The number of rotatable bonds is 6. The van der Waals surface area contributed by atoms with Crippen molar-refractivity contribution in [1.29, 1.82) is 0 Å². The molecule has 0 spiro atoms. The monoisotopic (exact) mass is 1200 g/mol. The number of ether oxygens (including phenoxy) is 2. The Labute approximate surface area is 480 Å². The third-order valence-corrected chi connectivity index (χ3v) is 14.5. The van der Waals surface area contributed by atoms with Crippen molar-refractivity contribution in [2.75, 3.05) is 78.5 Å². The fraction of sp³-hybridized carbons (Fsp3) is 0.630. The molecule has 30 heteroatoms. The number of carbonyl (C=O) groups excluding carboxylic acids is 4. The first-order valence-corrected chi connectivity index (χ1v) is 24.4. The zero-order chi connectivity index (χ0) is 56.0. The van der Waals surface area contributed by atoms with Crippen LogP contribution in [0, 0.1) is 44.6 Å². The molecule has 2 aromatic rings.